The summed E-state index contributed by atoms with van der Waals surface area (Å²) in [7, 11) is 0. The molecule has 2 rings (SSSR count). The van der Waals surface area contributed by atoms with Crippen molar-refractivity contribution in [3.63, 3.8) is 0 Å². The highest BCUT2D eigenvalue weighted by atomic mass is 79.9. The van der Waals surface area contributed by atoms with Crippen LogP contribution in [0.1, 0.15) is 25.5 Å². The second-order valence-corrected chi connectivity index (χ2v) is 4.82. The van der Waals surface area contributed by atoms with Crippen LogP contribution >= 0.6 is 15.9 Å². The maximum Gasteiger partial charge on any atom is 0.120 e. The molecule has 84 valence electrons. The van der Waals surface area contributed by atoms with E-state index in [9.17, 15) is 5.11 Å². The number of halogens is 1. The van der Waals surface area contributed by atoms with Gasteiger partial charge in [0.05, 0.1) is 16.4 Å². The minimum atomic E-state index is -0.774. The van der Waals surface area contributed by atoms with Crippen LogP contribution in [-0.2, 0) is 12.1 Å². The maximum atomic E-state index is 10.6. The molecule has 15 heavy (non-hydrogen) atoms. The smallest absolute Gasteiger partial charge is 0.120 e. The van der Waals surface area contributed by atoms with E-state index in [-0.39, 0.29) is 0 Å². The molecule has 0 spiro atoms. The van der Waals surface area contributed by atoms with Crippen LogP contribution in [0.3, 0.4) is 0 Å². The number of hydrogen-bond acceptors (Lipinski definition) is 3. The Morgan fingerprint density at radius 2 is 2.53 bits per heavy atom. The van der Waals surface area contributed by atoms with Gasteiger partial charge in [0.15, 0.2) is 0 Å². The molecule has 2 N–H and O–H groups in total. The van der Waals surface area contributed by atoms with Crippen LogP contribution in [0.2, 0.25) is 0 Å². The number of hydrogen-bond donors (Lipinski definition) is 2. The predicted octanol–water partition coefficient (Wildman–Crippen LogP) is 1.24. The van der Waals surface area contributed by atoms with Crippen LogP contribution in [0.4, 0.5) is 0 Å². The first-order chi connectivity index (χ1) is 7.17. The quantitative estimate of drug-likeness (QED) is 0.853. The Balaban J connectivity index is 2.37. The standard InChI is InChI=1S/C10H16BrN3O/c1-2-14-9(8(11)6-13-14)10(15)4-3-5-12-7-10/h6,12,15H,2-5,7H2,1H3. The third-order valence-corrected chi connectivity index (χ3v) is 3.48. The number of aliphatic hydroxyl groups is 1. The van der Waals surface area contributed by atoms with E-state index in [2.05, 4.69) is 26.3 Å². The highest BCUT2D eigenvalue weighted by Crippen LogP contribution is 2.33. The van der Waals surface area contributed by atoms with Gasteiger partial charge < -0.3 is 10.4 Å². The van der Waals surface area contributed by atoms with Gasteiger partial charge in [0.2, 0.25) is 0 Å². The molecule has 1 aromatic heterocycles. The fourth-order valence-corrected chi connectivity index (χ4v) is 2.82. The lowest BCUT2D eigenvalue weighted by Crippen LogP contribution is -2.44. The molecule has 1 unspecified atom stereocenters. The van der Waals surface area contributed by atoms with Gasteiger partial charge in [0.1, 0.15) is 5.60 Å². The predicted molar refractivity (Wildman–Crippen MR) is 61.6 cm³/mol. The lowest BCUT2D eigenvalue weighted by molar-refractivity contribution is 0.00341. The van der Waals surface area contributed by atoms with E-state index < -0.39 is 5.60 Å². The molecule has 0 saturated carbocycles. The van der Waals surface area contributed by atoms with Crippen molar-refractivity contribution in [1.82, 2.24) is 15.1 Å². The minimum Gasteiger partial charge on any atom is -0.382 e. The Labute approximate surface area is 97.8 Å². The van der Waals surface area contributed by atoms with Gasteiger partial charge in [-0.1, -0.05) is 0 Å². The maximum absolute atomic E-state index is 10.6. The zero-order valence-electron chi connectivity index (χ0n) is 8.83. The van der Waals surface area contributed by atoms with Crippen LogP contribution in [0.15, 0.2) is 10.7 Å². The second kappa shape index (κ2) is 4.23. The van der Waals surface area contributed by atoms with Crippen molar-refractivity contribution in [2.75, 3.05) is 13.1 Å². The van der Waals surface area contributed by atoms with Crippen LogP contribution in [0.25, 0.3) is 0 Å². The van der Waals surface area contributed by atoms with Crippen LogP contribution < -0.4 is 5.32 Å². The van der Waals surface area contributed by atoms with E-state index in [4.69, 9.17) is 0 Å². The molecule has 0 aromatic carbocycles. The van der Waals surface area contributed by atoms with Crippen molar-refractivity contribution in [3.8, 4) is 0 Å². The van der Waals surface area contributed by atoms with E-state index in [1.54, 1.807) is 6.20 Å². The van der Waals surface area contributed by atoms with E-state index in [0.717, 1.165) is 36.1 Å². The van der Waals surface area contributed by atoms with Crippen molar-refractivity contribution < 1.29 is 5.11 Å². The topological polar surface area (TPSA) is 50.1 Å². The summed E-state index contributed by atoms with van der Waals surface area (Å²) in [6, 6.07) is 0. The average Bonchev–Trinajstić information content (AvgIpc) is 2.61. The summed E-state index contributed by atoms with van der Waals surface area (Å²) in [6.07, 6.45) is 3.55. The zero-order chi connectivity index (χ0) is 10.9. The lowest BCUT2D eigenvalue weighted by Gasteiger charge is -2.33. The van der Waals surface area contributed by atoms with Crippen molar-refractivity contribution in [2.45, 2.75) is 31.9 Å². The Kier molecular flexibility index (Phi) is 3.13. The number of nitrogens with one attached hydrogen (secondary N) is 1. The van der Waals surface area contributed by atoms with Gasteiger partial charge in [0, 0.05) is 13.1 Å². The van der Waals surface area contributed by atoms with Crippen LogP contribution in [0.5, 0.6) is 0 Å². The summed E-state index contributed by atoms with van der Waals surface area (Å²) in [5.74, 6) is 0. The molecule has 1 fully saturated rings. The molecule has 1 aliphatic heterocycles. The largest absolute Gasteiger partial charge is 0.382 e. The minimum absolute atomic E-state index is 0.608. The third kappa shape index (κ3) is 1.96. The Morgan fingerprint density at radius 1 is 1.73 bits per heavy atom. The van der Waals surface area contributed by atoms with Gasteiger partial charge in [-0.3, -0.25) is 4.68 Å². The molecule has 1 aromatic rings. The fourth-order valence-electron chi connectivity index (χ4n) is 2.16. The summed E-state index contributed by atoms with van der Waals surface area (Å²) in [5, 5.41) is 18.0. The Morgan fingerprint density at radius 3 is 3.13 bits per heavy atom. The Hall–Kier alpha value is -0.390. The van der Waals surface area contributed by atoms with Crippen molar-refractivity contribution in [2.24, 2.45) is 0 Å². The molecule has 1 aliphatic rings. The summed E-state index contributed by atoms with van der Waals surface area (Å²) in [4.78, 5) is 0. The molecule has 4 nitrogen and oxygen atoms in total. The molecule has 0 amide bonds. The van der Waals surface area contributed by atoms with E-state index in [1.807, 2.05) is 11.6 Å². The SMILES string of the molecule is CCn1ncc(Br)c1C1(O)CCCNC1. The first-order valence-electron chi connectivity index (χ1n) is 5.32. The number of nitrogens with zero attached hydrogens (tertiary/aromatic N) is 2. The summed E-state index contributed by atoms with van der Waals surface area (Å²) < 4.78 is 2.76. The highest BCUT2D eigenvalue weighted by Gasteiger charge is 2.36. The van der Waals surface area contributed by atoms with Gasteiger partial charge >= 0.3 is 0 Å². The number of piperidine rings is 1. The average molecular weight is 274 g/mol. The second-order valence-electron chi connectivity index (χ2n) is 3.97. The summed E-state index contributed by atoms with van der Waals surface area (Å²) >= 11 is 3.46. The van der Waals surface area contributed by atoms with Crippen molar-refractivity contribution in [3.05, 3.63) is 16.4 Å². The summed E-state index contributed by atoms with van der Waals surface area (Å²) in [5.41, 5.74) is 0.126. The fraction of sp³-hybridized carbons (Fsp3) is 0.700. The molecule has 0 bridgehead atoms. The molecule has 1 saturated heterocycles. The normalized spacial score (nSPS) is 26.9. The number of aromatic nitrogens is 2. The van der Waals surface area contributed by atoms with E-state index in [1.165, 1.54) is 0 Å². The number of aryl methyl sites for hydroxylation is 1. The lowest BCUT2D eigenvalue weighted by atomic mass is 9.90. The highest BCUT2D eigenvalue weighted by molar-refractivity contribution is 9.10. The molecule has 0 aliphatic carbocycles. The summed E-state index contributed by atoms with van der Waals surface area (Å²) in [6.45, 7) is 4.41. The number of rotatable bonds is 2. The molecule has 0 radical (unpaired) electrons. The molecular weight excluding hydrogens is 258 g/mol. The van der Waals surface area contributed by atoms with Crippen molar-refractivity contribution >= 4 is 15.9 Å². The van der Waals surface area contributed by atoms with Gasteiger partial charge in [-0.2, -0.15) is 5.10 Å². The zero-order valence-corrected chi connectivity index (χ0v) is 10.4. The van der Waals surface area contributed by atoms with E-state index in [0.29, 0.717) is 6.54 Å². The molecular formula is C10H16BrN3O. The van der Waals surface area contributed by atoms with Crippen LogP contribution in [-0.4, -0.2) is 28.0 Å². The third-order valence-electron chi connectivity index (χ3n) is 2.90. The van der Waals surface area contributed by atoms with Crippen LogP contribution in [0, 0.1) is 0 Å². The molecule has 2 heterocycles. The van der Waals surface area contributed by atoms with Gasteiger partial charge in [-0.05, 0) is 42.2 Å². The van der Waals surface area contributed by atoms with Gasteiger partial charge in [-0.25, -0.2) is 0 Å². The Bertz CT molecular complexity index is 344. The van der Waals surface area contributed by atoms with Gasteiger partial charge in [-0.15, -0.1) is 0 Å². The first-order valence-corrected chi connectivity index (χ1v) is 6.11. The molecule has 5 heteroatoms. The van der Waals surface area contributed by atoms with E-state index >= 15 is 0 Å². The number of β-amino-alcohol motifs (C(OH)–C–C–N with tert-alkyl or cyclic N) is 1. The molecule has 1 atom stereocenters. The van der Waals surface area contributed by atoms with Crippen molar-refractivity contribution in [1.29, 1.82) is 0 Å². The monoisotopic (exact) mass is 273 g/mol. The van der Waals surface area contributed by atoms with Gasteiger partial charge in [0.25, 0.3) is 0 Å². The first kappa shape index (κ1) is 11.1.